The predicted molar refractivity (Wildman–Crippen MR) is 54.2 cm³/mol. The molecule has 1 aliphatic rings. The van der Waals surface area contributed by atoms with Gasteiger partial charge in [-0.1, -0.05) is 19.1 Å². The van der Waals surface area contributed by atoms with Crippen LogP contribution < -0.4 is 0 Å². The average molecular weight is 212 g/mol. The number of esters is 1. The number of carboxylic acid groups (broad SMARTS) is 1. The van der Waals surface area contributed by atoms with Crippen LogP contribution in [0.1, 0.15) is 19.8 Å². The largest absolute Gasteiger partial charge is 0.481 e. The van der Waals surface area contributed by atoms with Gasteiger partial charge in [0.15, 0.2) is 0 Å². The fourth-order valence-electron chi connectivity index (χ4n) is 1.79. The lowest BCUT2D eigenvalue weighted by molar-refractivity contribution is -0.144. The fourth-order valence-corrected chi connectivity index (χ4v) is 1.79. The van der Waals surface area contributed by atoms with E-state index in [1.54, 1.807) is 13.0 Å². The lowest BCUT2D eigenvalue weighted by atomic mass is 9.82. The molecular formula is C11H16O4. The number of carbonyl (C=O) groups excluding carboxylic acids is 1. The molecule has 0 aromatic heterocycles. The van der Waals surface area contributed by atoms with Crippen molar-refractivity contribution in [3.05, 3.63) is 12.2 Å². The van der Waals surface area contributed by atoms with Gasteiger partial charge in [-0.3, -0.25) is 9.59 Å². The second kappa shape index (κ2) is 4.96. The first-order valence-electron chi connectivity index (χ1n) is 5.05. The van der Waals surface area contributed by atoms with Crippen molar-refractivity contribution in [2.45, 2.75) is 19.8 Å². The molecule has 0 heterocycles. The monoisotopic (exact) mass is 212 g/mol. The van der Waals surface area contributed by atoms with Gasteiger partial charge in [0.25, 0.3) is 0 Å². The highest BCUT2D eigenvalue weighted by Crippen LogP contribution is 2.28. The Labute approximate surface area is 88.9 Å². The summed E-state index contributed by atoms with van der Waals surface area (Å²) in [6, 6.07) is 0. The van der Waals surface area contributed by atoms with Gasteiger partial charge in [0, 0.05) is 0 Å². The van der Waals surface area contributed by atoms with Gasteiger partial charge in [-0.05, 0) is 18.8 Å². The maximum Gasteiger partial charge on any atom is 0.312 e. The molecule has 0 aliphatic heterocycles. The van der Waals surface area contributed by atoms with Gasteiger partial charge < -0.3 is 9.84 Å². The van der Waals surface area contributed by atoms with Crippen molar-refractivity contribution in [3.8, 4) is 0 Å². The SMILES string of the molecule is COC(=O)[C@H]1C=C[C@@H]([C@@H](C)C(=O)O)CC1. The third-order valence-corrected chi connectivity index (χ3v) is 2.94. The van der Waals surface area contributed by atoms with Crippen molar-refractivity contribution in [3.63, 3.8) is 0 Å². The molecule has 0 radical (unpaired) electrons. The molecule has 0 saturated carbocycles. The average Bonchev–Trinajstić information content (AvgIpc) is 2.27. The van der Waals surface area contributed by atoms with Gasteiger partial charge in [-0.2, -0.15) is 0 Å². The Morgan fingerprint density at radius 3 is 2.47 bits per heavy atom. The van der Waals surface area contributed by atoms with E-state index in [1.165, 1.54) is 7.11 Å². The lowest BCUT2D eigenvalue weighted by Crippen LogP contribution is -2.25. The minimum Gasteiger partial charge on any atom is -0.481 e. The van der Waals surface area contributed by atoms with E-state index in [9.17, 15) is 9.59 Å². The third-order valence-electron chi connectivity index (χ3n) is 2.94. The second-order valence-corrected chi connectivity index (χ2v) is 3.88. The van der Waals surface area contributed by atoms with E-state index < -0.39 is 5.97 Å². The van der Waals surface area contributed by atoms with E-state index in [2.05, 4.69) is 4.74 Å². The highest BCUT2D eigenvalue weighted by Gasteiger charge is 2.27. The second-order valence-electron chi connectivity index (χ2n) is 3.88. The van der Waals surface area contributed by atoms with Crippen LogP contribution in [0.3, 0.4) is 0 Å². The van der Waals surface area contributed by atoms with Crippen LogP contribution in [0, 0.1) is 17.8 Å². The number of rotatable bonds is 3. The normalized spacial score (nSPS) is 27.1. The first kappa shape index (κ1) is 11.8. The Morgan fingerprint density at radius 2 is 2.07 bits per heavy atom. The number of hydrogen-bond donors (Lipinski definition) is 1. The molecule has 0 unspecified atom stereocenters. The zero-order valence-corrected chi connectivity index (χ0v) is 8.97. The van der Waals surface area contributed by atoms with Crippen LogP contribution in [-0.4, -0.2) is 24.2 Å². The number of aliphatic carboxylic acids is 1. The van der Waals surface area contributed by atoms with E-state index in [1.807, 2.05) is 6.08 Å². The Kier molecular flexibility index (Phi) is 3.88. The quantitative estimate of drug-likeness (QED) is 0.568. The molecule has 15 heavy (non-hydrogen) atoms. The van der Waals surface area contributed by atoms with Crippen LogP contribution in [0.4, 0.5) is 0 Å². The smallest absolute Gasteiger partial charge is 0.312 e. The summed E-state index contributed by atoms with van der Waals surface area (Å²) in [5, 5.41) is 8.83. The van der Waals surface area contributed by atoms with Gasteiger partial charge in [0.05, 0.1) is 18.9 Å². The van der Waals surface area contributed by atoms with Gasteiger partial charge in [-0.25, -0.2) is 0 Å². The summed E-state index contributed by atoms with van der Waals surface area (Å²) < 4.78 is 4.63. The predicted octanol–water partition coefficient (Wildman–Crippen LogP) is 1.46. The fraction of sp³-hybridized carbons (Fsp3) is 0.636. The molecule has 4 nitrogen and oxygen atoms in total. The number of carboxylic acids is 1. The van der Waals surface area contributed by atoms with E-state index >= 15 is 0 Å². The number of ether oxygens (including phenoxy) is 1. The summed E-state index contributed by atoms with van der Waals surface area (Å²) in [5.41, 5.74) is 0. The molecule has 1 aliphatic carbocycles. The first-order chi connectivity index (χ1) is 7.06. The highest BCUT2D eigenvalue weighted by molar-refractivity contribution is 5.75. The van der Waals surface area contributed by atoms with E-state index in [-0.39, 0.29) is 23.7 Å². The first-order valence-corrected chi connectivity index (χ1v) is 5.05. The Balaban J connectivity index is 2.58. The number of methoxy groups -OCH3 is 1. The lowest BCUT2D eigenvalue weighted by Gasteiger charge is -2.23. The molecule has 0 saturated heterocycles. The minimum atomic E-state index is -0.791. The summed E-state index contributed by atoms with van der Waals surface area (Å²) in [4.78, 5) is 21.9. The Hall–Kier alpha value is -1.32. The zero-order chi connectivity index (χ0) is 11.4. The van der Waals surface area contributed by atoms with Crippen LogP contribution in [0.5, 0.6) is 0 Å². The molecule has 84 valence electrons. The number of carbonyl (C=O) groups is 2. The number of hydrogen-bond acceptors (Lipinski definition) is 3. The van der Waals surface area contributed by atoms with E-state index in [0.29, 0.717) is 6.42 Å². The standard InChI is InChI=1S/C11H16O4/c1-7(10(12)13)8-3-5-9(6-4-8)11(14)15-2/h3,5,7-9H,4,6H2,1-2H3,(H,12,13)/t7-,8-,9+/m1/s1. The third kappa shape index (κ3) is 2.81. The summed E-state index contributed by atoms with van der Waals surface area (Å²) in [7, 11) is 1.36. The molecule has 0 amide bonds. The molecule has 3 atom stereocenters. The van der Waals surface area contributed by atoms with Crippen molar-refractivity contribution in [1.29, 1.82) is 0 Å². The van der Waals surface area contributed by atoms with Gasteiger partial charge >= 0.3 is 11.9 Å². The summed E-state index contributed by atoms with van der Waals surface area (Å²) >= 11 is 0. The van der Waals surface area contributed by atoms with Gasteiger partial charge in [-0.15, -0.1) is 0 Å². The van der Waals surface area contributed by atoms with Crippen LogP contribution >= 0.6 is 0 Å². The molecule has 0 aromatic carbocycles. The Bertz CT molecular complexity index is 282. The van der Waals surface area contributed by atoms with Crippen LogP contribution in [-0.2, 0) is 14.3 Å². The molecule has 4 heteroatoms. The van der Waals surface area contributed by atoms with Gasteiger partial charge in [0.1, 0.15) is 0 Å². The Morgan fingerprint density at radius 1 is 1.40 bits per heavy atom. The number of allylic oxidation sites excluding steroid dienone is 1. The maximum atomic E-state index is 11.2. The van der Waals surface area contributed by atoms with Crippen molar-refractivity contribution in [2.75, 3.05) is 7.11 Å². The summed E-state index contributed by atoms with van der Waals surface area (Å²) in [5.74, 6) is -1.59. The topological polar surface area (TPSA) is 63.6 Å². The van der Waals surface area contributed by atoms with Crippen LogP contribution in [0.25, 0.3) is 0 Å². The molecular weight excluding hydrogens is 196 g/mol. The van der Waals surface area contributed by atoms with E-state index in [4.69, 9.17) is 5.11 Å². The van der Waals surface area contributed by atoms with E-state index in [0.717, 1.165) is 6.42 Å². The highest BCUT2D eigenvalue weighted by atomic mass is 16.5. The zero-order valence-electron chi connectivity index (χ0n) is 8.97. The van der Waals surface area contributed by atoms with Crippen molar-refractivity contribution in [2.24, 2.45) is 17.8 Å². The maximum absolute atomic E-state index is 11.2. The van der Waals surface area contributed by atoms with Crippen LogP contribution in [0.15, 0.2) is 12.2 Å². The van der Waals surface area contributed by atoms with Crippen molar-refractivity contribution < 1.29 is 19.4 Å². The molecule has 0 aromatic rings. The van der Waals surface area contributed by atoms with Crippen molar-refractivity contribution in [1.82, 2.24) is 0 Å². The summed E-state index contributed by atoms with van der Waals surface area (Å²) in [6.45, 7) is 1.69. The molecule has 0 bridgehead atoms. The van der Waals surface area contributed by atoms with Gasteiger partial charge in [0.2, 0.25) is 0 Å². The van der Waals surface area contributed by atoms with Crippen molar-refractivity contribution >= 4 is 11.9 Å². The molecule has 1 rings (SSSR count). The minimum absolute atomic E-state index is 0.0309. The summed E-state index contributed by atoms with van der Waals surface area (Å²) in [6.07, 6.45) is 4.98. The van der Waals surface area contributed by atoms with Crippen LogP contribution in [0.2, 0.25) is 0 Å². The molecule has 0 spiro atoms. The molecule has 1 N–H and O–H groups in total. The molecule has 0 fully saturated rings.